The third kappa shape index (κ3) is 2.87. The molecule has 0 spiro atoms. The minimum Gasteiger partial charge on any atom is -0.347 e. The molecule has 1 aliphatic rings. The lowest BCUT2D eigenvalue weighted by molar-refractivity contribution is 0.561. The van der Waals surface area contributed by atoms with Gasteiger partial charge in [-0.05, 0) is 24.1 Å². The molecule has 136 valence electrons. The van der Waals surface area contributed by atoms with Crippen LogP contribution in [0.25, 0.3) is 21.6 Å². The normalized spacial score (nSPS) is 13.9. The van der Waals surface area contributed by atoms with Crippen LogP contribution in [0.15, 0.2) is 36.4 Å². The van der Waals surface area contributed by atoms with Crippen molar-refractivity contribution in [1.82, 2.24) is 24.7 Å². The molecule has 1 aromatic carbocycles. The van der Waals surface area contributed by atoms with Crippen molar-refractivity contribution in [1.29, 1.82) is 0 Å². The third-order valence-electron chi connectivity index (χ3n) is 4.83. The highest BCUT2D eigenvalue weighted by Gasteiger charge is 2.25. The van der Waals surface area contributed by atoms with Gasteiger partial charge in [-0.25, -0.2) is 4.98 Å². The van der Waals surface area contributed by atoms with E-state index in [2.05, 4.69) is 54.8 Å². The first-order chi connectivity index (χ1) is 13.2. The standard InChI is InChI=1S/C19H17ClN6S/c1-2-13-10-14-17(21-19(20)22-18(14)27-13)25-8-9-26-15(11-25)23-24-16(26)12-6-4-3-5-7-12/h3-7,10H,2,8-9,11H2,1H3. The minimum atomic E-state index is 0.291. The van der Waals surface area contributed by atoms with Crippen LogP contribution in [0, 0.1) is 0 Å². The molecule has 0 N–H and O–H groups in total. The second kappa shape index (κ2) is 6.58. The van der Waals surface area contributed by atoms with E-state index in [4.69, 9.17) is 11.6 Å². The summed E-state index contributed by atoms with van der Waals surface area (Å²) >= 11 is 7.89. The number of hydrogen-bond donors (Lipinski definition) is 0. The van der Waals surface area contributed by atoms with Gasteiger partial charge in [0.25, 0.3) is 0 Å². The van der Waals surface area contributed by atoms with Crippen molar-refractivity contribution in [3.05, 3.63) is 52.4 Å². The molecule has 0 bridgehead atoms. The molecule has 0 fully saturated rings. The molecule has 6 nitrogen and oxygen atoms in total. The number of aryl methyl sites for hydroxylation is 1. The van der Waals surface area contributed by atoms with E-state index in [-0.39, 0.29) is 0 Å². The zero-order valence-electron chi connectivity index (χ0n) is 14.8. The molecule has 3 aromatic heterocycles. The summed E-state index contributed by atoms with van der Waals surface area (Å²) in [6.45, 7) is 4.43. The van der Waals surface area contributed by atoms with Gasteiger partial charge in [0.15, 0.2) is 11.6 Å². The number of aromatic nitrogens is 5. The van der Waals surface area contributed by atoms with Gasteiger partial charge in [-0.2, -0.15) is 4.98 Å². The monoisotopic (exact) mass is 396 g/mol. The van der Waals surface area contributed by atoms with Gasteiger partial charge in [-0.15, -0.1) is 21.5 Å². The van der Waals surface area contributed by atoms with Crippen LogP contribution >= 0.6 is 22.9 Å². The van der Waals surface area contributed by atoms with Crippen LogP contribution < -0.4 is 4.90 Å². The number of nitrogens with zero attached hydrogens (tertiary/aromatic N) is 6. The molecule has 0 saturated carbocycles. The number of hydrogen-bond acceptors (Lipinski definition) is 6. The molecule has 4 heterocycles. The van der Waals surface area contributed by atoms with Gasteiger partial charge >= 0.3 is 0 Å². The van der Waals surface area contributed by atoms with Gasteiger partial charge in [0, 0.05) is 23.5 Å². The van der Waals surface area contributed by atoms with Crippen LogP contribution in [0.5, 0.6) is 0 Å². The van der Waals surface area contributed by atoms with Gasteiger partial charge < -0.3 is 9.47 Å². The van der Waals surface area contributed by atoms with Crippen LogP contribution in [0.3, 0.4) is 0 Å². The number of benzene rings is 1. The Morgan fingerprint density at radius 3 is 2.78 bits per heavy atom. The molecule has 1 aliphatic heterocycles. The summed E-state index contributed by atoms with van der Waals surface area (Å²) in [5, 5.41) is 10.2. The van der Waals surface area contributed by atoms with E-state index < -0.39 is 0 Å². The number of halogens is 1. The van der Waals surface area contributed by atoms with E-state index in [0.717, 1.165) is 52.8 Å². The van der Waals surface area contributed by atoms with Crippen molar-refractivity contribution in [3.8, 4) is 11.4 Å². The highest BCUT2D eigenvalue weighted by Crippen LogP contribution is 2.34. The van der Waals surface area contributed by atoms with Gasteiger partial charge in [-0.3, -0.25) is 0 Å². The molecule has 8 heteroatoms. The molecule has 0 saturated heterocycles. The van der Waals surface area contributed by atoms with Crippen LogP contribution in [-0.4, -0.2) is 31.3 Å². The summed E-state index contributed by atoms with van der Waals surface area (Å²) in [4.78, 5) is 13.4. The summed E-state index contributed by atoms with van der Waals surface area (Å²) < 4.78 is 2.19. The molecule has 4 aromatic rings. The molecule has 5 rings (SSSR count). The van der Waals surface area contributed by atoms with Crippen LogP contribution in [0.2, 0.25) is 5.28 Å². The smallest absolute Gasteiger partial charge is 0.225 e. The van der Waals surface area contributed by atoms with E-state index in [1.165, 1.54) is 4.88 Å². The van der Waals surface area contributed by atoms with Crippen LogP contribution in [0.4, 0.5) is 5.82 Å². The number of rotatable bonds is 3. The van der Waals surface area contributed by atoms with Crippen molar-refractivity contribution in [2.75, 3.05) is 11.4 Å². The minimum absolute atomic E-state index is 0.291. The Morgan fingerprint density at radius 1 is 1.11 bits per heavy atom. The van der Waals surface area contributed by atoms with Crippen molar-refractivity contribution in [2.45, 2.75) is 26.4 Å². The predicted octanol–water partition coefficient (Wildman–Crippen LogP) is 4.19. The van der Waals surface area contributed by atoms with Crippen molar-refractivity contribution >= 4 is 39.0 Å². The lowest BCUT2D eigenvalue weighted by Crippen LogP contribution is -2.34. The number of thiophene rings is 1. The Kier molecular flexibility index (Phi) is 4.06. The largest absolute Gasteiger partial charge is 0.347 e. The average Bonchev–Trinajstić information content (AvgIpc) is 3.31. The second-order valence-electron chi connectivity index (χ2n) is 6.48. The van der Waals surface area contributed by atoms with E-state index in [1.54, 1.807) is 11.3 Å². The first kappa shape index (κ1) is 16.6. The molecular weight excluding hydrogens is 380 g/mol. The van der Waals surface area contributed by atoms with Crippen LogP contribution in [-0.2, 0) is 19.5 Å². The number of fused-ring (bicyclic) bond motifs is 2. The van der Waals surface area contributed by atoms with Gasteiger partial charge in [0.1, 0.15) is 10.6 Å². The Bertz CT molecular complexity index is 1120. The zero-order valence-corrected chi connectivity index (χ0v) is 16.3. The highest BCUT2D eigenvalue weighted by molar-refractivity contribution is 7.18. The fourth-order valence-electron chi connectivity index (χ4n) is 3.49. The molecule has 0 radical (unpaired) electrons. The van der Waals surface area contributed by atoms with Crippen molar-refractivity contribution < 1.29 is 0 Å². The fourth-order valence-corrected chi connectivity index (χ4v) is 4.66. The lowest BCUT2D eigenvalue weighted by atomic mass is 10.2. The van der Waals surface area contributed by atoms with Gasteiger partial charge in [-0.1, -0.05) is 37.3 Å². The third-order valence-corrected chi connectivity index (χ3v) is 6.17. The maximum absolute atomic E-state index is 6.20. The number of anilines is 1. The Labute approximate surface area is 165 Å². The summed E-state index contributed by atoms with van der Waals surface area (Å²) in [7, 11) is 0. The predicted molar refractivity (Wildman–Crippen MR) is 108 cm³/mol. The fraction of sp³-hybridized carbons (Fsp3) is 0.263. The van der Waals surface area contributed by atoms with E-state index in [1.807, 2.05) is 18.2 Å². The molecule has 27 heavy (non-hydrogen) atoms. The molecule has 0 unspecified atom stereocenters. The lowest BCUT2D eigenvalue weighted by Gasteiger charge is -2.29. The first-order valence-corrected chi connectivity index (χ1v) is 10.1. The highest BCUT2D eigenvalue weighted by atomic mass is 35.5. The Morgan fingerprint density at radius 2 is 1.96 bits per heavy atom. The summed E-state index contributed by atoms with van der Waals surface area (Å²) in [5.41, 5.74) is 1.09. The zero-order chi connectivity index (χ0) is 18.4. The second-order valence-corrected chi connectivity index (χ2v) is 7.93. The Balaban J connectivity index is 1.53. The molecule has 0 amide bonds. The first-order valence-electron chi connectivity index (χ1n) is 8.91. The van der Waals surface area contributed by atoms with E-state index in [0.29, 0.717) is 11.8 Å². The SMILES string of the molecule is CCc1cc2c(N3CCn4c(nnc4-c4ccccc4)C3)nc(Cl)nc2s1. The maximum atomic E-state index is 6.20. The van der Waals surface area contributed by atoms with Crippen LogP contribution in [0.1, 0.15) is 17.6 Å². The van der Waals surface area contributed by atoms with Gasteiger partial charge in [0.2, 0.25) is 5.28 Å². The van der Waals surface area contributed by atoms with Crippen molar-refractivity contribution in [3.63, 3.8) is 0 Å². The summed E-state index contributed by atoms with van der Waals surface area (Å²) in [5.74, 6) is 2.74. The summed E-state index contributed by atoms with van der Waals surface area (Å²) in [6, 6.07) is 12.4. The quantitative estimate of drug-likeness (QED) is 0.486. The summed E-state index contributed by atoms with van der Waals surface area (Å²) in [6.07, 6.45) is 0.979. The topological polar surface area (TPSA) is 59.7 Å². The molecule has 0 aliphatic carbocycles. The maximum Gasteiger partial charge on any atom is 0.225 e. The van der Waals surface area contributed by atoms with Gasteiger partial charge in [0.05, 0.1) is 11.9 Å². The van der Waals surface area contributed by atoms with E-state index in [9.17, 15) is 0 Å². The van der Waals surface area contributed by atoms with E-state index >= 15 is 0 Å². The van der Waals surface area contributed by atoms with Crippen molar-refractivity contribution in [2.24, 2.45) is 0 Å². The molecule has 0 atom stereocenters. The molecular formula is C19H17ClN6S. The average molecular weight is 397 g/mol. The Hall–Kier alpha value is -2.51.